The zero-order valence-electron chi connectivity index (χ0n) is 11.7. The number of unbranched alkanes of at least 4 members (excludes halogenated alkanes) is 1. The van der Waals surface area contributed by atoms with Crippen LogP contribution in [0.5, 0.6) is 0 Å². The van der Waals surface area contributed by atoms with Crippen LogP contribution in [0.2, 0.25) is 0 Å². The molecule has 0 atom stereocenters. The maximum Gasteiger partial charge on any atom is 0.226 e. The van der Waals surface area contributed by atoms with Gasteiger partial charge in [0.15, 0.2) is 0 Å². The third-order valence-corrected chi connectivity index (χ3v) is 3.26. The van der Waals surface area contributed by atoms with Crippen LogP contribution in [0.1, 0.15) is 37.3 Å². The van der Waals surface area contributed by atoms with E-state index < -0.39 is 0 Å². The smallest absolute Gasteiger partial charge is 0.226 e. The van der Waals surface area contributed by atoms with Crippen LogP contribution >= 0.6 is 0 Å². The normalized spacial score (nSPS) is 10.4. The fourth-order valence-electron chi connectivity index (χ4n) is 2.20. The van der Waals surface area contributed by atoms with Gasteiger partial charge in [-0.25, -0.2) is 0 Å². The predicted molar refractivity (Wildman–Crippen MR) is 76.9 cm³/mol. The van der Waals surface area contributed by atoms with Gasteiger partial charge < -0.3 is 10.6 Å². The van der Waals surface area contributed by atoms with Gasteiger partial charge in [-0.15, -0.1) is 0 Å². The van der Waals surface area contributed by atoms with E-state index in [1.165, 1.54) is 5.56 Å². The summed E-state index contributed by atoms with van der Waals surface area (Å²) in [4.78, 5) is 13.9. The molecule has 0 bridgehead atoms. The first-order valence-corrected chi connectivity index (χ1v) is 6.67. The van der Waals surface area contributed by atoms with Crippen LogP contribution in [0.4, 0.5) is 5.69 Å². The number of rotatable bonds is 6. The molecule has 0 saturated carbocycles. The molecule has 0 aliphatic rings. The van der Waals surface area contributed by atoms with Gasteiger partial charge in [0.2, 0.25) is 5.91 Å². The van der Waals surface area contributed by atoms with Gasteiger partial charge in [0.1, 0.15) is 0 Å². The van der Waals surface area contributed by atoms with E-state index in [4.69, 9.17) is 5.73 Å². The first-order chi connectivity index (χ1) is 8.61. The second-order valence-corrected chi connectivity index (χ2v) is 4.63. The van der Waals surface area contributed by atoms with E-state index in [2.05, 4.69) is 26.0 Å². The van der Waals surface area contributed by atoms with Crippen molar-refractivity contribution in [1.82, 2.24) is 0 Å². The van der Waals surface area contributed by atoms with Crippen LogP contribution in [0.15, 0.2) is 18.2 Å². The SMILES string of the molecule is CCc1cccc(C)c1N(C)C(=O)CCCCN. The fraction of sp³-hybridized carbons (Fsp3) is 0.533. The number of hydrogen-bond acceptors (Lipinski definition) is 2. The standard InChI is InChI=1S/C15H24N2O/c1-4-13-9-7-8-12(2)15(13)17(3)14(18)10-5-6-11-16/h7-9H,4-6,10-11,16H2,1-3H3. The summed E-state index contributed by atoms with van der Waals surface area (Å²) >= 11 is 0. The topological polar surface area (TPSA) is 46.3 Å². The molecule has 0 aromatic heterocycles. The molecule has 1 aromatic rings. The van der Waals surface area contributed by atoms with Crippen LogP contribution in [0.3, 0.4) is 0 Å². The number of para-hydroxylation sites is 1. The molecule has 0 aliphatic heterocycles. The minimum absolute atomic E-state index is 0.174. The van der Waals surface area contributed by atoms with Crippen LogP contribution in [0, 0.1) is 6.92 Å². The summed E-state index contributed by atoms with van der Waals surface area (Å²) < 4.78 is 0. The fourth-order valence-corrected chi connectivity index (χ4v) is 2.20. The van der Waals surface area contributed by atoms with Crippen LogP contribution in [-0.4, -0.2) is 19.5 Å². The quantitative estimate of drug-likeness (QED) is 0.787. The van der Waals surface area contributed by atoms with E-state index in [0.29, 0.717) is 13.0 Å². The summed E-state index contributed by atoms with van der Waals surface area (Å²) in [6.45, 7) is 4.82. The van der Waals surface area contributed by atoms with Gasteiger partial charge in [0.25, 0.3) is 0 Å². The molecule has 3 nitrogen and oxygen atoms in total. The van der Waals surface area contributed by atoms with Gasteiger partial charge in [-0.05, 0) is 43.9 Å². The zero-order valence-corrected chi connectivity index (χ0v) is 11.7. The Bertz CT molecular complexity index is 401. The minimum atomic E-state index is 0.174. The van der Waals surface area contributed by atoms with E-state index in [9.17, 15) is 4.79 Å². The molecule has 2 N–H and O–H groups in total. The molecule has 18 heavy (non-hydrogen) atoms. The van der Waals surface area contributed by atoms with E-state index in [1.807, 2.05) is 13.1 Å². The van der Waals surface area contributed by atoms with Crippen molar-refractivity contribution in [3.05, 3.63) is 29.3 Å². The summed E-state index contributed by atoms with van der Waals surface area (Å²) in [5.74, 6) is 0.174. The van der Waals surface area contributed by atoms with Crippen molar-refractivity contribution in [2.45, 2.75) is 39.5 Å². The molecule has 3 heteroatoms. The molecule has 100 valence electrons. The summed E-state index contributed by atoms with van der Waals surface area (Å²) in [6.07, 6.45) is 3.30. The highest BCUT2D eigenvalue weighted by Gasteiger charge is 2.15. The Morgan fingerprint density at radius 1 is 1.33 bits per heavy atom. The molecule has 1 amide bonds. The van der Waals surface area contributed by atoms with Crippen molar-refractivity contribution >= 4 is 11.6 Å². The Labute approximate surface area is 110 Å². The second-order valence-electron chi connectivity index (χ2n) is 4.63. The third-order valence-electron chi connectivity index (χ3n) is 3.26. The Morgan fingerprint density at radius 3 is 2.67 bits per heavy atom. The molecule has 0 heterocycles. The maximum absolute atomic E-state index is 12.1. The highest BCUT2D eigenvalue weighted by molar-refractivity contribution is 5.94. The van der Waals surface area contributed by atoms with Gasteiger partial charge in [-0.3, -0.25) is 4.79 Å². The average Bonchev–Trinajstić information content (AvgIpc) is 2.37. The Balaban J connectivity index is 2.82. The summed E-state index contributed by atoms with van der Waals surface area (Å²) in [7, 11) is 1.87. The van der Waals surface area contributed by atoms with Crippen molar-refractivity contribution in [1.29, 1.82) is 0 Å². The van der Waals surface area contributed by atoms with Crippen molar-refractivity contribution in [3.63, 3.8) is 0 Å². The molecule has 1 rings (SSSR count). The molecule has 0 fully saturated rings. The lowest BCUT2D eigenvalue weighted by molar-refractivity contribution is -0.118. The van der Waals surface area contributed by atoms with Gasteiger partial charge in [-0.1, -0.05) is 25.1 Å². The van der Waals surface area contributed by atoms with Crippen molar-refractivity contribution < 1.29 is 4.79 Å². The van der Waals surface area contributed by atoms with E-state index >= 15 is 0 Å². The number of carbonyl (C=O) groups excluding carboxylic acids is 1. The summed E-state index contributed by atoms with van der Waals surface area (Å²) in [6, 6.07) is 6.19. The molecule has 1 aromatic carbocycles. The maximum atomic E-state index is 12.1. The number of nitrogens with two attached hydrogens (primary N) is 1. The van der Waals surface area contributed by atoms with Gasteiger partial charge in [0.05, 0.1) is 0 Å². The van der Waals surface area contributed by atoms with Crippen molar-refractivity contribution in [2.75, 3.05) is 18.5 Å². The average molecular weight is 248 g/mol. The Morgan fingerprint density at radius 2 is 2.06 bits per heavy atom. The monoisotopic (exact) mass is 248 g/mol. The number of nitrogens with zero attached hydrogens (tertiary/aromatic N) is 1. The van der Waals surface area contributed by atoms with Crippen LogP contribution < -0.4 is 10.6 Å². The van der Waals surface area contributed by atoms with Crippen molar-refractivity contribution in [2.24, 2.45) is 5.73 Å². The molecule has 0 saturated heterocycles. The highest BCUT2D eigenvalue weighted by atomic mass is 16.2. The molecule has 0 aliphatic carbocycles. The predicted octanol–water partition coefficient (Wildman–Crippen LogP) is 2.65. The summed E-state index contributed by atoms with van der Waals surface area (Å²) in [5, 5.41) is 0. The first-order valence-electron chi connectivity index (χ1n) is 6.67. The highest BCUT2D eigenvalue weighted by Crippen LogP contribution is 2.25. The number of amides is 1. The largest absolute Gasteiger partial charge is 0.330 e. The Kier molecular flexibility index (Phi) is 5.86. The Hall–Kier alpha value is -1.35. The molecular weight excluding hydrogens is 224 g/mol. The second kappa shape index (κ2) is 7.17. The lowest BCUT2D eigenvalue weighted by Gasteiger charge is -2.22. The number of hydrogen-bond donors (Lipinski definition) is 1. The molecule has 0 radical (unpaired) electrons. The first kappa shape index (κ1) is 14.7. The third kappa shape index (κ3) is 3.57. The van der Waals surface area contributed by atoms with Gasteiger partial charge >= 0.3 is 0 Å². The van der Waals surface area contributed by atoms with Crippen molar-refractivity contribution in [3.8, 4) is 0 Å². The van der Waals surface area contributed by atoms with Gasteiger partial charge in [-0.2, -0.15) is 0 Å². The number of carbonyl (C=O) groups is 1. The van der Waals surface area contributed by atoms with Crippen LogP contribution in [0.25, 0.3) is 0 Å². The summed E-state index contributed by atoms with van der Waals surface area (Å²) in [5.41, 5.74) is 8.90. The van der Waals surface area contributed by atoms with E-state index in [1.54, 1.807) is 4.90 Å². The van der Waals surface area contributed by atoms with Gasteiger partial charge in [0, 0.05) is 19.2 Å². The molecule has 0 spiro atoms. The molecule has 0 unspecified atom stereocenters. The van der Waals surface area contributed by atoms with E-state index in [-0.39, 0.29) is 5.91 Å². The van der Waals surface area contributed by atoms with E-state index in [0.717, 1.165) is 30.5 Å². The minimum Gasteiger partial charge on any atom is -0.330 e. The number of anilines is 1. The van der Waals surface area contributed by atoms with Crippen LogP contribution in [-0.2, 0) is 11.2 Å². The lowest BCUT2D eigenvalue weighted by Crippen LogP contribution is -2.27. The number of benzene rings is 1. The molecular formula is C15H24N2O. The lowest BCUT2D eigenvalue weighted by atomic mass is 10.0. The number of aryl methyl sites for hydroxylation is 2. The zero-order chi connectivity index (χ0) is 13.5.